The van der Waals surface area contributed by atoms with E-state index in [0.29, 0.717) is 5.25 Å². The van der Waals surface area contributed by atoms with Crippen molar-refractivity contribution in [2.75, 3.05) is 25.5 Å². The van der Waals surface area contributed by atoms with Gasteiger partial charge < -0.3 is 9.80 Å². The van der Waals surface area contributed by atoms with Crippen LogP contribution >= 0.6 is 11.8 Å². The van der Waals surface area contributed by atoms with Crippen LogP contribution < -0.4 is 4.90 Å². The number of fused-ring (bicyclic) bond motifs is 1. The number of rotatable bonds is 3. The second-order valence-electron chi connectivity index (χ2n) is 6.62. The molecule has 2 aliphatic heterocycles. The zero-order valence-corrected chi connectivity index (χ0v) is 15.1. The van der Waals surface area contributed by atoms with Crippen LogP contribution in [0, 0.1) is 0 Å². The summed E-state index contributed by atoms with van der Waals surface area (Å²) in [5.74, 6) is 0. The summed E-state index contributed by atoms with van der Waals surface area (Å²) in [6.45, 7) is 3.32. The van der Waals surface area contributed by atoms with E-state index >= 15 is 0 Å². The van der Waals surface area contributed by atoms with Crippen molar-refractivity contribution in [1.29, 1.82) is 0 Å². The Morgan fingerprint density at radius 3 is 2.58 bits per heavy atom. The van der Waals surface area contributed by atoms with Gasteiger partial charge in [-0.2, -0.15) is 0 Å². The number of hydrogen-bond acceptors (Lipinski definition) is 5. The molecule has 1 aromatic heterocycles. The molecule has 0 unspecified atom stereocenters. The average Bonchev–Trinajstić information content (AvgIpc) is 3.11. The molecule has 1 fully saturated rings. The van der Waals surface area contributed by atoms with Crippen LogP contribution in [0.15, 0.2) is 53.7 Å². The summed E-state index contributed by atoms with van der Waals surface area (Å²) in [4.78, 5) is 14.2. The fraction of sp³-hybridized carbons (Fsp3) is 0.368. The SMILES string of the molecule is C[C@H]1CN2C(=N[C@@H](c3ccccn3)[C@@H]2c2ccc(N(C)C)cc2)S1. The normalized spacial score (nSPS) is 25.5. The quantitative estimate of drug-likeness (QED) is 0.853. The minimum atomic E-state index is 0.0754. The highest BCUT2D eigenvalue weighted by atomic mass is 32.2. The van der Waals surface area contributed by atoms with E-state index in [4.69, 9.17) is 4.99 Å². The number of amidine groups is 1. The summed E-state index contributed by atoms with van der Waals surface area (Å²) in [5, 5.41) is 1.76. The van der Waals surface area contributed by atoms with E-state index in [9.17, 15) is 0 Å². The Morgan fingerprint density at radius 1 is 1.12 bits per heavy atom. The predicted octanol–water partition coefficient (Wildman–Crippen LogP) is 3.74. The van der Waals surface area contributed by atoms with Crippen molar-refractivity contribution in [3.05, 3.63) is 59.9 Å². The van der Waals surface area contributed by atoms with Crippen molar-refractivity contribution in [2.24, 2.45) is 4.99 Å². The topological polar surface area (TPSA) is 31.7 Å². The molecule has 2 aliphatic rings. The molecule has 5 heteroatoms. The van der Waals surface area contributed by atoms with Crippen molar-refractivity contribution in [3.8, 4) is 0 Å². The summed E-state index contributed by atoms with van der Waals surface area (Å²) in [6.07, 6.45) is 1.86. The second-order valence-corrected chi connectivity index (χ2v) is 8.03. The van der Waals surface area contributed by atoms with Crippen molar-refractivity contribution in [3.63, 3.8) is 0 Å². The van der Waals surface area contributed by atoms with Crippen LogP contribution in [0.2, 0.25) is 0 Å². The van der Waals surface area contributed by atoms with Gasteiger partial charge in [0, 0.05) is 37.8 Å². The van der Waals surface area contributed by atoms with E-state index in [1.807, 2.05) is 30.1 Å². The van der Waals surface area contributed by atoms with E-state index < -0.39 is 0 Å². The van der Waals surface area contributed by atoms with E-state index in [0.717, 1.165) is 12.2 Å². The first kappa shape index (κ1) is 15.5. The molecule has 1 saturated heterocycles. The Balaban J connectivity index is 1.72. The number of aromatic nitrogens is 1. The van der Waals surface area contributed by atoms with Gasteiger partial charge in [0.05, 0.1) is 11.7 Å². The fourth-order valence-corrected chi connectivity index (χ4v) is 4.54. The molecule has 3 heterocycles. The molecule has 0 aliphatic carbocycles. The molecular weight excluding hydrogens is 316 g/mol. The molecule has 0 amide bonds. The number of anilines is 1. The van der Waals surface area contributed by atoms with Gasteiger partial charge in [0.15, 0.2) is 5.17 Å². The summed E-state index contributed by atoms with van der Waals surface area (Å²) >= 11 is 1.88. The molecule has 4 rings (SSSR count). The van der Waals surface area contributed by atoms with Crippen LogP contribution in [0.5, 0.6) is 0 Å². The molecule has 1 aromatic carbocycles. The van der Waals surface area contributed by atoms with Gasteiger partial charge in [0.2, 0.25) is 0 Å². The van der Waals surface area contributed by atoms with Gasteiger partial charge in [-0.3, -0.25) is 9.98 Å². The van der Waals surface area contributed by atoms with Crippen LogP contribution in [0.25, 0.3) is 0 Å². The van der Waals surface area contributed by atoms with Crippen LogP contribution in [0.4, 0.5) is 5.69 Å². The maximum Gasteiger partial charge on any atom is 0.160 e. The Labute approximate surface area is 147 Å². The van der Waals surface area contributed by atoms with Crippen LogP contribution in [0.3, 0.4) is 0 Å². The summed E-state index contributed by atoms with van der Waals surface area (Å²) in [6, 6.07) is 15.3. The first-order chi connectivity index (χ1) is 11.6. The minimum absolute atomic E-state index is 0.0754. The van der Waals surface area contributed by atoms with Gasteiger partial charge in [-0.05, 0) is 29.8 Å². The largest absolute Gasteiger partial charge is 0.378 e. The Bertz CT molecular complexity index is 742. The molecule has 0 radical (unpaired) electrons. The van der Waals surface area contributed by atoms with Gasteiger partial charge >= 0.3 is 0 Å². The summed E-state index contributed by atoms with van der Waals surface area (Å²) in [7, 11) is 4.14. The first-order valence-electron chi connectivity index (χ1n) is 8.33. The molecule has 4 nitrogen and oxygen atoms in total. The first-order valence-corrected chi connectivity index (χ1v) is 9.21. The Hall–Kier alpha value is -2.01. The van der Waals surface area contributed by atoms with Gasteiger partial charge in [-0.1, -0.05) is 36.9 Å². The zero-order valence-electron chi connectivity index (χ0n) is 14.3. The van der Waals surface area contributed by atoms with Gasteiger partial charge in [0.25, 0.3) is 0 Å². The maximum absolute atomic E-state index is 5.02. The van der Waals surface area contributed by atoms with Crippen molar-refractivity contribution < 1.29 is 0 Å². The van der Waals surface area contributed by atoms with Crippen molar-refractivity contribution in [1.82, 2.24) is 9.88 Å². The lowest BCUT2D eigenvalue weighted by Crippen LogP contribution is -2.28. The minimum Gasteiger partial charge on any atom is -0.378 e. The number of thioether (sulfide) groups is 1. The molecule has 2 aromatic rings. The Morgan fingerprint density at radius 2 is 1.92 bits per heavy atom. The smallest absolute Gasteiger partial charge is 0.160 e. The lowest BCUT2D eigenvalue weighted by atomic mass is 9.96. The summed E-state index contributed by atoms with van der Waals surface area (Å²) < 4.78 is 0. The zero-order chi connectivity index (χ0) is 16.7. The Kier molecular flexibility index (Phi) is 3.96. The highest BCUT2D eigenvalue weighted by Gasteiger charge is 2.43. The van der Waals surface area contributed by atoms with Gasteiger partial charge in [-0.25, -0.2) is 0 Å². The van der Waals surface area contributed by atoms with E-state index in [-0.39, 0.29) is 12.1 Å². The van der Waals surface area contributed by atoms with E-state index in [1.165, 1.54) is 16.4 Å². The number of nitrogens with zero attached hydrogens (tertiary/aromatic N) is 4. The van der Waals surface area contributed by atoms with Crippen molar-refractivity contribution in [2.45, 2.75) is 24.3 Å². The average molecular weight is 338 g/mol. The molecule has 0 saturated carbocycles. The molecule has 3 atom stereocenters. The maximum atomic E-state index is 5.02. The van der Waals surface area contributed by atoms with Crippen LogP contribution in [0.1, 0.15) is 30.3 Å². The number of aliphatic imine (C=N–C) groups is 1. The van der Waals surface area contributed by atoms with Crippen LogP contribution in [-0.2, 0) is 0 Å². The lowest BCUT2D eigenvalue weighted by Gasteiger charge is -2.27. The van der Waals surface area contributed by atoms with Crippen LogP contribution in [-0.4, -0.2) is 40.9 Å². The molecule has 124 valence electrons. The second kappa shape index (κ2) is 6.13. The molecular formula is C19H22N4S. The van der Waals surface area contributed by atoms with Crippen molar-refractivity contribution >= 4 is 22.6 Å². The highest BCUT2D eigenvalue weighted by molar-refractivity contribution is 8.14. The monoisotopic (exact) mass is 338 g/mol. The lowest BCUT2D eigenvalue weighted by molar-refractivity contribution is 0.321. The number of hydrogen-bond donors (Lipinski definition) is 0. The molecule has 0 spiro atoms. The standard InChI is InChI=1S/C19H22N4S/c1-13-12-23-18(14-7-9-15(10-8-14)22(2)3)17(21-19(23)24-13)16-6-4-5-11-20-16/h4-11,13,17-18H,12H2,1-3H3/t13-,17-,18-/m0/s1. The van der Waals surface area contributed by atoms with Gasteiger partial charge in [0.1, 0.15) is 6.04 Å². The van der Waals surface area contributed by atoms with Gasteiger partial charge in [-0.15, -0.1) is 0 Å². The molecule has 0 bridgehead atoms. The highest BCUT2D eigenvalue weighted by Crippen LogP contribution is 2.47. The summed E-state index contributed by atoms with van der Waals surface area (Å²) in [5.41, 5.74) is 3.58. The van der Waals surface area contributed by atoms with E-state index in [1.54, 1.807) is 0 Å². The number of benzene rings is 1. The third kappa shape index (κ3) is 2.67. The molecule has 0 N–H and O–H groups in total. The predicted molar refractivity (Wildman–Crippen MR) is 102 cm³/mol. The molecule has 24 heavy (non-hydrogen) atoms. The number of pyridine rings is 1. The third-order valence-corrected chi connectivity index (χ3v) is 5.73. The third-order valence-electron chi connectivity index (χ3n) is 4.63. The fourth-order valence-electron chi connectivity index (χ4n) is 3.45. The van der Waals surface area contributed by atoms with E-state index in [2.05, 4.69) is 66.1 Å².